The second-order valence-electron chi connectivity index (χ2n) is 3.10. The second-order valence-corrected chi connectivity index (χ2v) is 3.95. The first kappa shape index (κ1) is 14.0. The molecule has 1 heterocycles. The van der Waals surface area contributed by atoms with E-state index in [0.29, 0.717) is 0 Å². The van der Waals surface area contributed by atoms with E-state index in [1.54, 1.807) is 6.92 Å². The molecule has 0 aliphatic rings. The number of hydrogen-bond donors (Lipinski definition) is 0. The van der Waals surface area contributed by atoms with E-state index in [1.807, 2.05) is 0 Å². The zero-order valence-corrected chi connectivity index (χ0v) is 10.4. The minimum absolute atomic E-state index is 0.123. The second kappa shape index (κ2) is 5.48. The Morgan fingerprint density at radius 1 is 1.53 bits per heavy atom. The highest BCUT2D eigenvalue weighted by Crippen LogP contribution is 2.33. The average Bonchev–Trinajstić information content (AvgIpc) is 2.19. The summed E-state index contributed by atoms with van der Waals surface area (Å²) in [6, 6.07) is 1.35. The van der Waals surface area contributed by atoms with Gasteiger partial charge in [-0.15, -0.1) is 0 Å². The van der Waals surface area contributed by atoms with Gasteiger partial charge in [-0.05, 0) is 13.0 Å². The summed E-state index contributed by atoms with van der Waals surface area (Å²) in [7, 11) is 0. The summed E-state index contributed by atoms with van der Waals surface area (Å²) < 4.78 is 42.7. The molecule has 0 bridgehead atoms. The van der Waals surface area contributed by atoms with E-state index < -0.39 is 24.3 Å². The first-order valence-corrected chi connectivity index (χ1v) is 5.51. The van der Waals surface area contributed by atoms with Crippen molar-refractivity contribution in [3.8, 4) is 0 Å². The summed E-state index contributed by atoms with van der Waals surface area (Å²) in [5.74, 6) is -0.716. The van der Waals surface area contributed by atoms with Gasteiger partial charge in [0.25, 0.3) is 0 Å². The number of aromatic nitrogens is 1. The fraction of sp³-hybridized carbons (Fsp3) is 0.400. The monoisotopic (exact) mass is 311 g/mol. The largest absolute Gasteiger partial charge is 0.466 e. The lowest BCUT2D eigenvalue weighted by Gasteiger charge is -2.12. The molecule has 0 unspecified atom stereocenters. The highest BCUT2D eigenvalue weighted by molar-refractivity contribution is 9.10. The fourth-order valence-corrected chi connectivity index (χ4v) is 1.68. The molecule has 0 amide bonds. The number of carbonyl (C=O) groups is 1. The molecule has 0 radical (unpaired) electrons. The molecule has 0 N–H and O–H groups in total. The molecule has 94 valence electrons. The highest BCUT2D eigenvalue weighted by Gasteiger charge is 2.36. The lowest BCUT2D eigenvalue weighted by atomic mass is 10.1. The molecule has 0 aliphatic carbocycles. The number of ether oxygens (including phenoxy) is 1. The lowest BCUT2D eigenvalue weighted by Crippen LogP contribution is -2.16. The maximum atomic E-state index is 12.6. The lowest BCUT2D eigenvalue weighted by molar-refractivity contribution is -0.144. The average molecular weight is 312 g/mol. The summed E-state index contributed by atoms with van der Waals surface area (Å²) in [6.07, 6.45) is -4.02. The van der Waals surface area contributed by atoms with Gasteiger partial charge in [0.15, 0.2) is 0 Å². The van der Waals surface area contributed by atoms with Crippen molar-refractivity contribution in [1.82, 2.24) is 4.98 Å². The molecule has 1 rings (SSSR count). The van der Waals surface area contributed by atoms with Crippen LogP contribution in [0.5, 0.6) is 0 Å². The van der Waals surface area contributed by atoms with Gasteiger partial charge in [-0.3, -0.25) is 9.78 Å². The van der Waals surface area contributed by atoms with Crippen LogP contribution in [-0.4, -0.2) is 17.6 Å². The number of pyridine rings is 1. The van der Waals surface area contributed by atoms with Crippen LogP contribution in [0.25, 0.3) is 0 Å². The number of halogens is 4. The van der Waals surface area contributed by atoms with Crippen LogP contribution in [0, 0.1) is 0 Å². The van der Waals surface area contributed by atoms with E-state index in [9.17, 15) is 18.0 Å². The van der Waals surface area contributed by atoms with E-state index in [4.69, 9.17) is 0 Å². The Labute approximate surface area is 104 Å². The first-order chi connectivity index (χ1) is 7.86. The Bertz CT molecular complexity index is 421. The summed E-state index contributed by atoms with van der Waals surface area (Å²) >= 11 is 2.97. The minimum Gasteiger partial charge on any atom is -0.466 e. The smallest absolute Gasteiger partial charge is 0.433 e. The number of alkyl halides is 3. The summed E-state index contributed by atoms with van der Waals surface area (Å²) in [6.45, 7) is 1.71. The molecule has 0 fully saturated rings. The SMILES string of the molecule is CCOC(=O)Cc1c(Br)ccnc1C(F)(F)F. The van der Waals surface area contributed by atoms with Gasteiger partial charge in [-0.1, -0.05) is 15.9 Å². The summed E-state index contributed by atoms with van der Waals surface area (Å²) in [5, 5.41) is 0. The minimum atomic E-state index is -4.59. The molecule has 0 spiro atoms. The van der Waals surface area contributed by atoms with Gasteiger partial charge in [0.1, 0.15) is 5.69 Å². The predicted molar refractivity (Wildman–Crippen MR) is 57.3 cm³/mol. The third-order valence-electron chi connectivity index (χ3n) is 1.89. The maximum absolute atomic E-state index is 12.6. The molecule has 1 aromatic rings. The molecule has 7 heteroatoms. The van der Waals surface area contributed by atoms with Crippen molar-refractivity contribution in [2.24, 2.45) is 0 Å². The van der Waals surface area contributed by atoms with E-state index in [1.165, 1.54) is 6.07 Å². The Morgan fingerprint density at radius 2 is 2.18 bits per heavy atom. The van der Waals surface area contributed by atoms with Crippen LogP contribution >= 0.6 is 15.9 Å². The van der Waals surface area contributed by atoms with Crippen LogP contribution in [0.1, 0.15) is 18.2 Å². The Morgan fingerprint density at radius 3 is 2.71 bits per heavy atom. The van der Waals surface area contributed by atoms with Crippen molar-refractivity contribution in [2.75, 3.05) is 6.61 Å². The number of hydrogen-bond acceptors (Lipinski definition) is 3. The standard InChI is InChI=1S/C10H9BrF3NO2/c1-2-17-8(16)5-6-7(11)3-4-15-9(6)10(12,13)14/h3-4H,2,5H2,1H3. The molecule has 1 aromatic heterocycles. The van der Waals surface area contributed by atoms with Crippen molar-refractivity contribution in [2.45, 2.75) is 19.5 Å². The van der Waals surface area contributed by atoms with Crippen LogP contribution in [0.3, 0.4) is 0 Å². The summed E-state index contributed by atoms with van der Waals surface area (Å²) in [5.41, 5.74) is -1.28. The van der Waals surface area contributed by atoms with Gasteiger partial charge in [-0.25, -0.2) is 0 Å². The van der Waals surface area contributed by atoms with E-state index in [-0.39, 0.29) is 16.6 Å². The number of carbonyl (C=O) groups excluding carboxylic acids is 1. The van der Waals surface area contributed by atoms with Crippen molar-refractivity contribution in [3.63, 3.8) is 0 Å². The Hall–Kier alpha value is -1.11. The van der Waals surface area contributed by atoms with Crippen LogP contribution in [0.4, 0.5) is 13.2 Å². The molecule has 3 nitrogen and oxygen atoms in total. The third-order valence-corrected chi connectivity index (χ3v) is 2.64. The molecule has 0 aliphatic heterocycles. The van der Waals surface area contributed by atoms with E-state index in [0.717, 1.165) is 6.20 Å². The molecule has 17 heavy (non-hydrogen) atoms. The van der Waals surface area contributed by atoms with E-state index >= 15 is 0 Å². The van der Waals surface area contributed by atoms with Gasteiger partial charge in [0.2, 0.25) is 0 Å². The van der Waals surface area contributed by atoms with Crippen LogP contribution in [0.15, 0.2) is 16.7 Å². The summed E-state index contributed by atoms with van der Waals surface area (Å²) in [4.78, 5) is 14.5. The third kappa shape index (κ3) is 3.69. The van der Waals surface area contributed by atoms with Gasteiger partial charge in [-0.2, -0.15) is 13.2 Å². The zero-order chi connectivity index (χ0) is 13.1. The van der Waals surface area contributed by atoms with Gasteiger partial charge in [0, 0.05) is 16.2 Å². The molecular formula is C10H9BrF3NO2. The van der Waals surface area contributed by atoms with Gasteiger partial charge in [0.05, 0.1) is 13.0 Å². The van der Waals surface area contributed by atoms with Crippen LogP contribution in [0.2, 0.25) is 0 Å². The van der Waals surface area contributed by atoms with Crippen molar-refractivity contribution < 1.29 is 22.7 Å². The van der Waals surface area contributed by atoms with Gasteiger partial charge >= 0.3 is 12.1 Å². The molecule has 0 saturated heterocycles. The quantitative estimate of drug-likeness (QED) is 0.806. The van der Waals surface area contributed by atoms with Crippen LogP contribution in [-0.2, 0) is 22.1 Å². The number of rotatable bonds is 3. The Balaban J connectivity index is 3.09. The van der Waals surface area contributed by atoms with Crippen molar-refractivity contribution in [1.29, 1.82) is 0 Å². The topological polar surface area (TPSA) is 39.2 Å². The first-order valence-electron chi connectivity index (χ1n) is 4.72. The highest BCUT2D eigenvalue weighted by atomic mass is 79.9. The molecule has 0 saturated carbocycles. The van der Waals surface area contributed by atoms with Gasteiger partial charge < -0.3 is 4.74 Å². The Kier molecular flexibility index (Phi) is 4.50. The predicted octanol–water partition coefficient (Wildman–Crippen LogP) is 2.97. The van der Waals surface area contributed by atoms with E-state index in [2.05, 4.69) is 25.7 Å². The normalized spacial score (nSPS) is 11.4. The molecular weight excluding hydrogens is 303 g/mol. The fourth-order valence-electron chi connectivity index (χ4n) is 1.24. The van der Waals surface area contributed by atoms with Crippen molar-refractivity contribution in [3.05, 3.63) is 28.0 Å². The maximum Gasteiger partial charge on any atom is 0.433 e. The van der Waals surface area contributed by atoms with Crippen LogP contribution < -0.4 is 0 Å². The van der Waals surface area contributed by atoms with Crippen molar-refractivity contribution >= 4 is 21.9 Å². The zero-order valence-electron chi connectivity index (χ0n) is 8.84. The molecule has 0 aromatic carbocycles. The number of nitrogens with zero attached hydrogens (tertiary/aromatic N) is 1. The molecule has 0 atom stereocenters. The number of esters is 1.